The second kappa shape index (κ2) is 8.19. The Kier molecular flexibility index (Phi) is 5.52. The molecule has 1 amide bonds. The molecular formula is C16H12BrN7O3. The molecule has 0 bridgehead atoms. The first-order valence-corrected chi connectivity index (χ1v) is 8.32. The number of carbonyl (C=O) groups is 1. The van der Waals surface area contributed by atoms with Crippen LogP contribution in [0.1, 0.15) is 10.4 Å². The van der Waals surface area contributed by atoms with E-state index in [1.165, 1.54) is 12.4 Å². The highest BCUT2D eigenvalue weighted by atomic mass is 79.9. The van der Waals surface area contributed by atoms with Crippen molar-refractivity contribution >= 4 is 44.8 Å². The van der Waals surface area contributed by atoms with E-state index in [1.807, 2.05) is 0 Å². The Morgan fingerprint density at radius 2 is 1.85 bits per heavy atom. The van der Waals surface area contributed by atoms with Crippen LogP contribution in [0.25, 0.3) is 0 Å². The van der Waals surface area contributed by atoms with E-state index in [0.717, 1.165) is 10.8 Å². The molecule has 10 nitrogen and oxygen atoms in total. The SMILES string of the molecule is O=C(NNc1ncnc(Nc2ccc(Br)cc2)c1[N+](=O)[O-])c1cccnc1. The average Bonchev–Trinajstić information content (AvgIpc) is 2.68. The predicted molar refractivity (Wildman–Crippen MR) is 101 cm³/mol. The minimum atomic E-state index is -0.639. The van der Waals surface area contributed by atoms with Gasteiger partial charge < -0.3 is 5.32 Å². The molecule has 136 valence electrons. The minimum absolute atomic E-state index is 0.0181. The number of rotatable bonds is 6. The summed E-state index contributed by atoms with van der Waals surface area (Å²) in [7, 11) is 0. The summed E-state index contributed by atoms with van der Waals surface area (Å²) in [5.41, 5.74) is 5.29. The highest BCUT2D eigenvalue weighted by molar-refractivity contribution is 9.10. The first kappa shape index (κ1) is 18.2. The van der Waals surface area contributed by atoms with Crippen molar-refractivity contribution in [3.05, 3.63) is 75.3 Å². The highest BCUT2D eigenvalue weighted by Gasteiger charge is 2.23. The number of aromatic nitrogens is 3. The first-order valence-electron chi connectivity index (χ1n) is 7.53. The van der Waals surface area contributed by atoms with Crippen LogP contribution in [0.5, 0.6) is 0 Å². The summed E-state index contributed by atoms with van der Waals surface area (Å²) in [4.78, 5) is 34.5. The lowest BCUT2D eigenvalue weighted by atomic mass is 10.3. The monoisotopic (exact) mass is 429 g/mol. The third-order valence-corrected chi connectivity index (χ3v) is 3.86. The van der Waals surface area contributed by atoms with E-state index in [2.05, 4.69) is 47.1 Å². The van der Waals surface area contributed by atoms with Gasteiger partial charge in [-0.3, -0.25) is 30.7 Å². The fourth-order valence-corrected chi connectivity index (χ4v) is 2.35. The fraction of sp³-hybridized carbons (Fsp3) is 0. The predicted octanol–water partition coefficient (Wildman–Crippen LogP) is 3.04. The zero-order valence-electron chi connectivity index (χ0n) is 13.6. The van der Waals surface area contributed by atoms with Crippen molar-refractivity contribution < 1.29 is 9.72 Å². The van der Waals surface area contributed by atoms with Crippen LogP contribution in [-0.2, 0) is 0 Å². The number of anilines is 3. The first-order chi connectivity index (χ1) is 13.0. The lowest BCUT2D eigenvalue weighted by molar-refractivity contribution is -0.383. The third-order valence-electron chi connectivity index (χ3n) is 3.33. The molecule has 1 aromatic carbocycles. The van der Waals surface area contributed by atoms with Crippen LogP contribution >= 0.6 is 15.9 Å². The van der Waals surface area contributed by atoms with Gasteiger partial charge in [0.05, 0.1) is 10.5 Å². The molecule has 0 spiro atoms. The summed E-state index contributed by atoms with van der Waals surface area (Å²) in [5, 5.41) is 14.4. The topological polar surface area (TPSA) is 135 Å². The van der Waals surface area contributed by atoms with Gasteiger partial charge in [0.25, 0.3) is 5.91 Å². The van der Waals surface area contributed by atoms with Crippen LogP contribution in [0, 0.1) is 10.1 Å². The molecule has 0 aliphatic heterocycles. The Morgan fingerprint density at radius 3 is 2.52 bits per heavy atom. The second-order valence-electron chi connectivity index (χ2n) is 5.13. The number of halogens is 1. The number of hydrazine groups is 1. The fourth-order valence-electron chi connectivity index (χ4n) is 2.09. The van der Waals surface area contributed by atoms with Crippen molar-refractivity contribution in [2.75, 3.05) is 10.7 Å². The van der Waals surface area contributed by atoms with Crippen molar-refractivity contribution in [2.45, 2.75) is 0 Å². The molecule has 3 aromatic rings. The van der Waals surface area contributed by atoms with Crippen LogP contribution in [0.2, 0.25) is 0 Å². The summed E-state index contributed by atoms with van der Waals surface area (Å²) in [6.45, 7) is 0. The van der Waals surface area contributed by atoms with Crippen LogP contribution < -0.4 is 16.2 Å². The summed E-state index contributed by atoms with van der Waals surface area (Å²) in [6.07, 6.45) is 4.04. The lowest BCUT2D eigenvalue weighted by Crippen LogP contribution is -2.30. The highest BCUT2D eigenvalue weighted by Crippen LogP contribution is 2.31. The Morgan fingerprint density at radius 1 is 1.11 bits per heavy atom. The zero-order chi connectivity index (χ0) is 19.2. The summed E-state index contributed by atoms with van der Waals surface area (Å²) in [6, 6.07) is 10.2. The van der Waals surface area contributed by atoms with E-state index in [1.54, 1.807) is 36.4 Å². The van der Waals surface area contributed by atoms with Crippen molar-refractivity contribution in [1.29, 1.82) is 0 Å². The minimum Gasteiger partial charge on any atom is -0.334 e. The Hall–Kier alpha value is -3.60. The molecule has 0 atom stereocenters. The number of pyridine rings is 1. The number of hydrogen-bond donors (Lipinski definition) is 3. The molecule has 0 unspecified atom stereocenters. The van der Waals surface area contributed by atoms with E-state index < -0.39 is 16.5 Å². The molecule has 27 heavy (non-hydrogen) atoms. The van der Waals surface area contributed by atoms with Crippen molar-refractivity contribution in [2.24, 2.45) is 0 Å². The number of benzene rings is 1. The third kappa shape index (κ3) is 4.52. The largest absolute Gasteiger partial charge is 0.355 e. The van der Waals surface area contributed by atoms with E-state index in [4.69, 9.17) is 0 Å². The van der Waals surface area contributed by atoms with E-state index in [9.17, 15) is 14.9 Å². The maximum absolute atomic E-state index is 12.1. The molecule has 11 heteroatoms. The van der Waals surface area contributed by atoms with Crippen LogP contribution in [0.3, 0.4) is 0 Å². The van der Waals surface area contributed by atoms with Crippen molar-refractivity contribution in [3.8, 4) is 0 Å². The second-order valence-corrected chi connectivity index (χ2v) is 6.04. The molecule has 0 radical (unpaired) electrons. The van der Waals surface area contributed by atoms with Gasteiger partial charge in [0.1, 0.15) is 6.33 Å². The standard InChI is InChI=1S/C16H12BrN7O3/c17-11-3-5-12(6-4-11)21-14-13(24(26)27)15(20-9-19-14)22-23-16(25)10-2-1-7-18-8-10/h1-9H,(H,23,25)(H2,19,20,21,22). The molecule has 0 aliphatic rings. The molecule has 2 heterocycles. The van der Waals surface area contributed by atoms with Gasteiger partial charge >= 0.3 is 5.69 Å². The number of hydrogen-bond acceptors (Lipinski definition) is 8. The quantitative estimate of drug-likeness (QED) is 0.401. The van der Waals surface area contributed by atoms with E-state index in [0.29, 0.717) is 5.69 Å². The Balaban J connectivity index is 1.82. The van der Waals surface area contributed by atoms with Gasteiger partial charge in [-0.2, -0.15) is 0 Å². The van der Waals surface area contributed by atoms with Crippen LogP contribution in [0.15, 0.2) is 59.6 Å². The Bertz CT molecular complexity index is 968. The number of amides is 1. The molecule has 0 saturated carbocycles. The van der Waals surface area contributed by atoms with Gasteiger partial charge in [-0.25, -0.2) is 9.97 Å². The molecular weight excluding hydrogens is 418 g/mol. The lowest BCUT2D eigenvalue weighted by Gasteiger charge is -2.11. The summed E-state index contributed by atoms with van der Waals surface area (Å²) >= 11 is 3.32. The van der Waals surface area contributed by atoms with E-state index in [-0.39, 0.29) is 17.2 Å². The summed E-state index contributed by atoms with van der Waals surface area (Å²) in [5.74, 6) is -0.694. The van der Waals surface area contributed by atoms with Gasteiger partial charge in [0.2, 0.25) is 11.6 Å². The van der Waals surface area contributed by atoms with Crippen LogP contribution in [-0.4, -0.2) is 25.8 Å². The molecule has 0 saturated heterocycles. The molecule has 3 N–H and O–H groups in total. The zero-order valence-corrected chi connectivity index (χ0v) is 15.2. The average molecular weight is 430 g/mol. The van der Waals surface area contributed by atoms with Gasteiger partial charge in [-0.15, -0.1) is 0 Å². The van der Waals surface area contributed by atoms with Gasteiger partial charge in [0.15, 0.2) is 0 Å². The molecule has 0 aliphatic carbocycles. The Labute approximate surface area is 161 Å². The van der Waals surface area contributed by atoms with Gasteiger partial charge in [-0.05, 0) is 36.4 Å². The maximum Gasteiger partial charge on any atom is 0.355 e. The normalized spacial score (nSPS) is 10.1. The number of carbonyl (C=O) groups excluding carboxylic acids is 1. The molecule has 0 fully saturated rings. The number of nitrogens with zero attached hydrogens (tertiary/aromatic N) is 4. The molecule has 2 aromatic heterocycles. The maximum atomic E-state index is 12.1. The van der Waals surface area contributed by atoms with Gasteiger partial charge in [-0.1, -0.05) is 15.9 Å². The van der Waals surface area contributed by atoms with Crippen molar-refractivity contribution in [3.63, 3.8) is 0 Å². The van der Waals surface area contributed by atoms with Gasteiger partial charge in [0, 0.05) is 22.6 Å². The molecule has 3 rings (SSSR count). The number of nitrogens with one attached hydrogen (secondary N) is 3. The van der Waals surface area contributed by atoms with E-state index >= 15 is 0 Å². The smallest absolute Gasteiger partial charge is 0.334 e. The van der Waals surface area contributed by atoms with Crippen LogP contribution in [0.4, 0.5) is 23.0 Å². The van der Waals surface area contributed by atoms with Crippen molar-refractivity contribution in [1.82, 2.24) is 20.4 Å². The number of nitro groups is 1. The summed E-state index contributed by atoms with van der Waals surface area (Å²) < 4.78 is 0.866.